The molecule has 0 aromatic heterocycles. The molecular weight excluding hydrogens is 326 g/mol. The highest BCUT2D eigenvalue weighted by Gasteiger charge is 2.35. The lowest BCUT2D eigenvalue weighted by atomic mass is 10.2. The van der Waals surface area contributed by atoms with Gasteiger partial charge < -0.3 is 4.90 Å². The molecule has 122 valence electrons. The Morgan fingerprint density at radius 1 is 1.08 bits per heavy atom. The van der Waals surface area contributed by atoms with Gasteiger partial charge in [0.25, 0.3) is 0 Å². The molecule has 6 nitrogen and oxygen atoms in total. The lowest BCUT2D eigenvalue weighted by molar-refractivity contribution is -0.118. The monoisotopic (exact) mass is 341 g/mol. The molecule has 0 saturated carbocycles. The van der Waals surface area contributed by atoms with Crippen molar-refractivity contribution in [2.45, 2.75) is 17.4 Å². The average Bonchev–Trinajstić information content (AvgIpc) is 2.96. The van der Waals surface area contributed by atoms with Gasteiger partial charge >= 0.3 is 0 Å². The Balaban J connectivity index is 1.76. The number of nitrogens with zero attached hydrogens (tertiary/aromatic N) is 2. The van der Waals surface area contributed by atoms with Crippen LogP contribution in [0.15, 0.2) is 59.5 Å². The molecule has 0 radical (unpaired) electrons. The van der Waals surface area contributed by atoms with Crippen LogP contribution in [0, 0.1) is 11.3 Å². The van der Waals surface area contributed by atoms with Crippen LogP contribution >= 0.6 is 0 Å². The highest BCUT2D eigenvalue weighted by Crippen LogP contribution is 2.22. The van der Waals surface area contributed by atoms with E-state index in [-0.39, 0.29) is 10.8 Å². The Morgan fingerprint density at radius 2 is 1.75 bits per heavy atom. The van der Waals surface area contributed by atoms with Crippen LogP contribution in [0.2, 0.25) is 0 Å². The Bertz CT molecular complexity index is 887. The van der Waals surface area contributed by atoms with E-state index in [9.17, 15) is 13.2 Å². The van der Waals surface area contributed by atoms with Crippen molar-refractivity contribution in [1.82, 2.24) is 4.72 Å². The fraction of sp³-hybridized carbons (Fsp3) is 0.176. The summed E-state index contributed by atoms with van der Waals surface area (Å²) >= 11 is 0. The second-order valence-electron chi connectivity index (χ2n) is 5.42. The van der Waals surface area contributed by atoms with E-state index in [1.807, 2.05) is 36.4 Å². The third-order valence-corrected chi connectivity index (χ3v) is 5.35. The van der Waals surface area contributed by atoms with Crippen molar-refractivity contribution >= 4 is 21.6 Å². The standard InChI is InChI=1S/C17H15N3O3S/c18-12-13-6-8-15(9-7-13)24(22,23)19-16-10-11-20(17(16)21)14-4-2-1-3-5-14/h1-9,16,19H,10-11H2. The number of amides is 1. The van der Waals surface area contributed by atoms with Crippen LogP contribution in [0.5, 0.6) is 0 Å². The Hall–Kier alpha value is -2.69. The molecule has 1 amide bonds. The lowest BCUT2D eigenvalue weighted by Gasteiger charge is -2.17. The summed E-state index contributed by atoms with van der Waals surface area (Å²) in [6.45, 7) is 0.462. The number of rotatable bonds is 4. The molecule has 1 saturated heterocycles. The SMILES string of the molecule is N#Cc1ccc(S(=O)(=O)NC2CCN(c3ccccc3)C2=O)cc1. The van der Waals surface area contributed by atoms with Crippen LogP contribution in [0.25, 0.3) is 0 Å². The number of para-hydroxylation sites is 1. The molecular formula is C17H15N3O3S. The number of sulfonamides is 1. The van der Waals surface area contributed by atoms with Crippen LogP contribution in [-0.4, -0.2) is 26.9 Å². The Morgan fingerprint density at radius 3 is 2.38 bits per heavy atom. The summed E-state index contributed by atoms with van der Waals surface area (Å²) in [4.78, 5) is 14.1. The Labute approximate surface area is 140 Å². The molecule has 0 spiro atoms. The number of carbonyl (C=O) groups is 1. The van der Waals surface area contributed by atoms with Crippen LogP contribution < -0.4 is 9.62 Å². The van der Waals surface area contributed by atoms with E-state index in [1.54, 1.807) is 4.90 Å². The minimum atomic E-state index is -3.81. The molecule has 7 heteroatoms. The molecule has 3 rings (SSSR count). The first-order valence-corrected chi connectivity index (χ1v) is 8.88. The van der Waals surface area contributed by atoms with Gasteiger partial charge in [-0.1, -0.05) is 18.2 Å². The molecule has 1 aliphatic rings. The first-order chi connectivity index (χ1) is 11.5. The number of carbonyl (C=O) groups excluding carboxylic acids is 1. The molecule has 2 aromatic rings. The fourth-order valence-corrected chi connectivity index (χ4v) is 3.84. The molecule has 1 N–H and O–H groups in total. The zero-order chi connectivity index (χ0) is 17.2. The fourth-order valence-electron chi connectivity index (χ4n) is 2.62. The number of hydrogen-bond acceptors (Lipinski definition) is 4. The summed E-state index contributed by atoms with van der Waals surface area (Å²) in [5.74, 6) is -0.265. The van der Waals surface area contributed by atoms with E-state index < -0.39 is 16.1 Å². The van der Waals surface area contributed by atoms with Crippen molar-refractivity contribution in [1.29, 1.82) is 5.26 Å². The van der Waals surface area contributed by atoms with E-state index in [1.165, 1.54) is 24.3 Å². The summed E-state index contributed by atoms with van der Waals surface area (Å²) in [5.41, 5.74) is 1.13. The van der Waals surface area contributed by atoms with Gasteiger partial charge in [0.2, 0.25) is 15.9 Å². The van der Waals surface area contributed by atoms with E-state index >= 15 is 0 Å². The second kappa shape index (κ2) is 6.43. The molecule has 1 fully saturated rings. The maximum Gasteiger partial charge on any atom is 0.245 e. The minimum Gasteiger partial charge on any atom is -0.311 e. The predicted octanol–water partition coefficient (Wildman–Crippen LogP) is 1.64. The zero-order valence-electron chi connectivity index (χ0n) is 12.7. The summed E-state index contributed by atoms with van der Waals surface area (Å²) in [5, 5.41) is 8.77. The van der Waals surface area contributed by atoms with Gasteiger partial charge in [0.1, 0.15) is 6.04 Å². The molecule has 1 atom stereocenters. The van der Waals surface area contributed by atoms with Gasteiger partial charge in [0.15, 0.2) is 0 Å². The molecule has 2 aromatic carbocycles. The van der Waals surface area contributed by atoms with E-state index in [0.29, 0.717) is 18.5 Å². The number of benzene rings is 2. The number of hydrogen-bond donors (Lipinski definition) is 1. The van der Waals surface area contributed by atoms with Gasteiger partial charge in [-0.3, -0.25) is 4.79 Å². The maximum atomic E-state index is 12.5. The molecule has 0 bridgehead atoms. The summed E-state index contributed by atoms with van der Waals surface area (Å²) in [6, 6.07) is 15.9. The van der Waals surface area contributed by atoms with Gasteiger partial charge in [0, 0.05) is 12.2 Å². The predicted molar refractivity (Wildman–Crippen MR) is 88.7 cm³/mol. The van der Waals surface area contributed by atoms with Gasteiger partial charge in [-0.25, -0.2) is 8.42 Å². The smallest absolute Gasteiger partial charge is 0.245 e. The summed E-state index contributed by atoms with van der Waals surface area (Å²) in [6.07, 6.45) is 0.406. The largest absolute Gasteiger partial charge is 0.311 e. The van der Waals surface area contributed by atoms with Gasteiger partial charge in [-0.05, 0) is 42.8 Å². The summed E-state index contributed by atoms with van der Waals surface area (Å²) < 4.78 is 27.3. The topological polar surface area (TPSA) is 90.3 Å². The van der Waals surface area contributed by atoms with Crippen molar-refractivity contribution < 1.29 is 13.2 Å². The highest BCUT2D eigenvalue weighted by molar-refractivity contribution is 7.89. The first kappa shape index (κ1) is 16.2. The zero-order valence-corrected chi connectivity index (χ0v) is 13.5. The van der Waals surface area contributed by atoms with Crippen LogP contribution in [-0.2, 0) is 14.8 Å². The molecule has 0 aliphatic carbocycles. The highest BCUT2D eigenvalue weighted by atomic mass is 32.2. The van der Waals surface area contributed by atoms with E-state index in [2.05, 4.69) is 4.72 Å². The minimum absolute atomic E-state index is 0.0347. The van der Waals surface area contributed by atoms with E-state index in [4.69, 9.17) is 5.26 Å². The van der Waals surface area contributed by atoms with Crippen molar-refractivity contribution in [3.05, 3.63) is 60.2 Å². The van der Waals surface area contributed by atoms with Crippen LogP contribution in [0.3, 0.4) is 0 Å². The normalized spacial score (nSPS) is 17.7. The second-order valence-corrected chi connectivity index (χ2v) is 7.14. The number of nitriles is 1. The molecule has 1 unspecified atom stereocenters. The van der Waals surface area contributed by atoms with E-state index in [0.717, 1.165) is 5.69 Å². The van der Waals surface area contributed by atoms with Crippen LogP contribution in [0.4, 0.5) is 5.69 Å². The average molecular weight is 341 g/mol. The quantitative estimate of drug-likeness (QED) is 0.915. The molecule has 24 heavy (non-hydrogen) atoms. The third kappa shape index (κ3) is 3.15. The Kier molecular flexibility index (Phi) is 4.34. The van der Waals surface area contributed by atoms with Gasteiger partial charge in [-0.2, -0.15) is 9.98 Å². The molecule has 1 aliphatic heterocycles. The summed E-state index contributed by atoms with van der Waals surface area (Å²) in [7, 11) is -3.81. The van der Waals surface area contributed by atoms with Crippen molar-refractivity contribution in [2.75, 3.05) is 11.4 Å². The first-order valence-electron chi connectivity index (χ1n) is 7.40. The third-order valence-electron chi connectivity index (χ3n) is 3.86. The molecule has 1 heterocycles. The van der Waals surface area contributed by atoms with Crippen molar-refractivity contribution in [3.8, 4) is 6.07 Å². The lowest BCUT2D eigenvalue weighted by Crippen LogP contribution is -2.41. The number of anilines is 1. The van der Waals surface area contributed by atoms with Gasteiger partial charge in [0.05, 0.1) is 16.5 Å². The number of nitrogens with one attached hydrogen (secondary N) is 1. The van der Waals surface area contributed by atoms with Gasteiger partial charge in [-0.15, -0.1) is 0 Å². The van der Waals surface area contributed by atoms with Crippen molar-refractivity contribution in [2.24, 2.45) is 0 Å². The van der Waals surface area contributed by atoms with Crippen LogP contribution in [0.1, 0.15) is 12.0 Å². The van der Waals surface area contributed by atoms with Crippen molar-refractivity contribution in [3.63, 3.8) is 0 Å². The maximum absolute atomic E-state index is 12.5.